The Balaban J connectivity index is 1.54. The summed E-state index contributed by atoms with van der Waals surface area (Å²) < 4.78 is 5.21. The molecule has 0 aliphatic heterocycles. The van der Waals surface area contributed by atoms with Crippen LogP contribution in [0.3, 0.4) is 0 Å². The van der Waals surface area contributed by atoms with Crippen LogP contribution in [0.1, 0.15) is 17.5 Å². The van der Waals surface area contributed by atoms with Crippen LogP contribution in [-0.2, 0) is 17.6 Å². The summed E-state index contributed by atoms with van der Waals surface area (Å²) in [5.74, 6) is 0.937. The van der Waals surface area contributed by atoms with Gasteiger partial charge < -0.3 is 15.4 Å². The standard InChI is InChI=1S/C20H25ClN2O2/c1-25-19-7-3-5-17(15-19)8-11-22-12-10-20(24)23-13-9-16-4-2-6-18(21)14-16/h2-7,14-15,22H,8-13H2,1H3,(H,23,24). The molecule has 0 aliphatic carbocycles. The largest absolute Gasteiger partial charge is 0.497 e. The Labute approximate surface area is 154 Å². The number of nitrogens with one attached hydrogen (secondary N) is 2. The number of benzene rings is 2. The van der Waals surface area contributed by atoms with Gasteiger partial charge in [-0.2, -0.15) is 0 Å². The third-order valence-corrected chi connectivity index (χ3v) is 4.11. The van der Waals surface area contributed by atoms with Gasteiger partial charge in [-0.25, -0.2) is 0 Å². The van der Waals surface area contributed by atoms with Crippen LogP contribution in [-0.4, -0.2) is 32.7 Å². The lowest BCUT2D eigenvalue weighted by Crippen LogP contribution is -2.29. The zero-order chi connectivity index (χ0) is 17.9. The van der Waals surface area contributed by atoms with E-state index in [1.165, 1.54) is 5.56 Å². The highest BCUT2D eigenvalue weighted by atomic mass is 35.5. The lowest BCUT2D eigenvalue weighted by atomic mass is 10.1. The van der Waals surface area contributed by atoms with E-state index in [2.05, 4.69) is 16.7 Å². The fraction of sp³-hybridized carbons (Fsp3) is 0.350. The molecule has 0 radical (unpaired) electrons. The third-order valence-electron chi connectivity index (χ3n) is 3.88. The Kier molecular flexibility index (Phi) is 8.29. The van der Waals surface area contributed by atoms with Crippen LogP contribution in [0, 0.1) is 0 Å². The number of ether oxygens (including phenoxy) is 1. The minimum absolute atomic E-state index is 0.0657. The maximum Gasteiger partial charge on any atom is 0.221 e. The first-order valence-corrected chi connectivity index (χ1v) is 8.90. The van der Waals surface area contributed by atoms with E-state index in [4.69, 9.17) is 16.3 Å². The molecular weight excluding hydrogens is 336 g/mol. The summed E-state index contributed by atoms with van der Waals surface area (Å²) in [6.45, 7) is 2.14. The number of halogens is 1. The van der Waals surface area contributed by atoms with E-state index < -0.39 is 0 Å². The van der Waals surface area contributed by atoms with Gasteiger partial charge >= 0.3 is 0 Å². The van der Waals surface area contributed by atoms with E-state index >= 15 is 0 Å². The molecule has 1 amide bonds. The number of carbonyl (C=O) groups is 1. The van der Waals surface area contributed by atoms with Gasteiger partial charge in [-0.15, -0.1) is 0 Å². The minimum Gasteiger partial charge on any atom is -0.497 e. The van der Waals surface area contributed by atoms with Crippen LogP contribution in [0.25, 0.3) is 0 Å². The molecular formula is C20H25ClN2O2. The SMILES string of the molecule is COc1cccc(CCNCCC(=O)NCCc2cccc(Cl)c2)c1. The van der Waals surface area contributed by atoms with Crippen LogP contribution >= 0.6 is 11.6 Å². The molecule has 5 heteroatoms. The van der Waals surface area contributed by atoms with Crippen molar-refractivity contribution >= 4 is 17.5 Å². The smallest absolute Gasteiger partial charge is 0.221 e. The summed E-state index contributed by atoms with van der Waals surface area (Å²) in [6, 6.07) is 15.7. The van der Waals surface area contributed by atoms with E-state index in [9.17, 15) is 4.79 Å². The van der Waals surface area contributed by atoms with Gasteiger partial charge in [0.15, 0.2) is 0 Å². The van der Waals surface area contributed by atoms with Crippen molar-refractivity contribution in [2.45, 2.75) is 19.3 Å². The normalized spacial score (nSPS) is 10.5. The van der Waals surface area contributed by atoms with Crippen molar-refractivity contribution < 1.29 is 9.53 Å². The van der Waals surface area contributed by atoms with Gasteiger partial charge in [0.1, 0.15) is 5.75 Å². The zero-order valence-corrected chi connectivity index (χ0v) is 15.3. The second-order valence-electron chi connectivity index (χ2n) is 5.83. The molecule has 2 aromatic carbocycles. The summed E-state index contributed by atoms with van der Waals surface area (Å²) in [7, 11) is 1.67. The van der Waals surface area contributed by atoms with Crippen molar-refractivity contribution in [1.82, 2.24) is 10.6 Å². The van der Waals surface area contributed by atoms with E-state index in [0.29, 0.717) is 19.5 Å². The number of carbonyl (C=O) groups excluding carboxylic acids is 1. The Morgan fingerprint density at radius 3 is 2.48 bits per heavy atom. The number of hydrogen-bond donors (Lipinski definition) is 2. The molecule has 2 N–H and O–H groups in total. The number of methoxy groups -OCH3 is 1. The van der Waals surface area contributed by atoms with Gasteiger partial charge in [0, 0.05) is 24.5 Å². The van der Waals surface area contributed by atoms with Crippen LogP contribution in [0.2, 0.25) is 5.02 Å². The Bertz CT molecular complexity index is 676. The van der Waals surface area contributed by atoms with Gasteiger partial charge in [0.2, 0.25) is 5.91 Å². The van der Waals surface area contributed by atoms with Crippen molar-refractivity contribution in [3.05, 3.63) is 64.7 Å². The predicted octanol–water partition coefficient (Wildman–Crippen LogP) is 3.23. The van der Waals surface area contributed by atoms with Gasteiger partial charge in [-0.3, -0.25) is 4.79 Å². The maximum atomic E-state index is 11.8. The molecule has 0 bridgehead atoms. The topological polar surface area (TPSA) is 50.4 Å². The van der Waals surface area contributed by atoms with Crippen LogP contribution in [0.15, 0.2) is 48.5 Å². The number of hydrogen-bond acceptors (Lipinski definition) is 3. The first-order chi connectivity index (χ1) is 12.2. The second kappa shape index (κ2) is 10.7. The quantitative estimate of drug-likeness (QED) is 0.639. The maximum absolute atomic E-state index is 11.8. The first kappa shape index (κ1) is 19.3. The molecule has 0 saturated carbocycles. The van der Waals surface area contributed by atoms with Gasteiger partial charge in [0.25, 0.3) is 0 Å². The lowest BCUT2D eigenvalue weighted by Gasteiger charge is -2.08. The van der Waals surface area contributed by atoms with E-state index in [-0.39, 0.29) is 5.91 Å². The minimum atomic E-state index is 0.0657. The first-order valence-electron chi connectivity index (χ1n) is 8.52. The Morgan fingerprint density at radius 1 is 1.00 bits per heavy atom. The molecule has 134 valence electrons. The average molecular weight is 361 g/mol. The van der Waals surface area contributed by atoms with Crippen molar-refractivity contribution in [2.24, 2.45) is 0 Å². The molecule has 0 unspecified atom stereocenters. The molecule has 2 aromatic rings. The summed E-state index contributed by atoms with van der Waals surface area (Å²) in [5, 5.41) is 6.96. The van der Waals surface area contributed by atoms with E-state index in [1.807, 2.05) is 42.5 Å². The van der Waals surface area contributed by atoms with Crippen LogP contribution in [0.5, 0.6) is 5.75 Å². The summed E-state index contributed by atoms with van der Waals surface area (Å²) in [6.07, 6.45) is 2.18. The van der Waals surface area contributed by atoms with Crippen molar-refractivity contribution in [3.63, 3.8) is 0 Å². The summed E-state index contributed by atoms with van der Waals surface area (Å²) in [5.41, 5.74) is 2.35. The summed E-state index contributed by atoms with van der Waals surface area (Å²) >= 11 is 5.94. The van der Waals surface area contributed by atoms with Crippen molar-refractivity contribution in [3.8, 4) is 5.75 Å². The number of amides is 1. The summed E-state index contributed by atoms with van der Waals surface area (Å²) in [4.78, 5) is 11.8. The van der Waals surface area contributed by atoms with E-state index in [1.54, 1.807) is 7.11 Å². The average Bonchev–Trinajstić information content (AvgIpc) is 2.62. The highest BCUT2D eigenvalue weighted by Gasteiger charge is 2.01. The van der Waals surface area contributed by atoms with E-state index in [0.717, 1.165) is 35.7 Å². The molecule has 0 fully saturated rings. The molecule has 0 heterocycles. The highest BCUT2D eigenvalue weighted by molar-refractivity contribution is 6.30. The van der Waals surface area contributed by atoms with Gasteiger partial charge in [0.05, 0.1) is 7.11 Å². The molecule has 0 spiro atoms. The zero-order valence-electron chi connectivity index (χ0n) is 14.6. The fourth-order valence-corrected chi connectivity index (χ4v) is 2.73. The highest BCUT2D eigenvalue weighted by Crippen LogP contribution is 2.12. The molecule has 2 rings (SSSR count). The third kappa shape index (κ3) is 7.59. The van der Waals surface area contributed by atoms with Gasteiger partial charge in [-0.05, 0) is 54.8 Å². The molecule has 4 nitrogen and oxygen atoms in total. The Morgan fingerprint density at radius 2 is 1.72 bits per heavy atom. The molecule has 0 aliphatic rings. The van der Waals surface area contributed by atoms with Crippen molar-refractivity contribution in [2.75, 3.05) is 26.7 Å². The molecule has 0 aromatic heterocycles. The second-order valence-corrected chi connectivity index (χ2v) is 6.27. The number of rotatable bonds is 10. The van der Waals surface area contributed by atoms with Gasteiger partial charge in [-0.1, -0.05) is 35.9 Å². The monoisotopic (exact) mass is 360 g/mol. The van der Waals surface area contributed by atoms with Crippen LogP contribution < -0.4 is 15.4 Å². The molecule has 0 saturated heterocycles. The molecule has 25 heavy (non-hydrogen) atoms. The van der Waals surface area contributed by atoms with Crippen LogP contribution in [0.4, 0.5) is 0 Å². The molecule has 0 atom stereocenters. The van der Waals surface area contributed by atoms with Crippen molar-refractivity contribution in [1.29, 1.82) is 0 Å². The lowest BCUT2D eigenvalue weighted by molar-refractivity contribution is -0.120. The Hall–Kier alpha value is -2.04. The predicted molar refractivity (Wildman–Crippen MR) is 102 cm³/mol. The fourth-order valence-electron chi connectivity index (χ4n) is 2.51.